The number of nitrogens with one attached hydrogen (secondary N) is 1. The Bertz CT molecular complexity index is 1100. The number of rotatable bonds is 5. The van der Waals surface area contributed by atoms with Crippen LogP contribution in [-0.2, 0) is 6.54 Å². The Kier molecular flexibility index (Phi) is 4.72. The number of amides is 1. The lowest BCUT2D eigenvalue weighted by molar-refractivity contribution is 0.102. The SMILES string of the molecule is Cc1oc(-c2ccc(NC(=O)c3ccccc3F)cc2)nc1Cn1cccn1. The molecule has 4 rings (SSSR count). The van der Waals surface area contributed by atoms with Crippen LogP contribution in [0.15, 0.2) is 71.4 Å². The van der Waals surface area contributed by atoms with E-state index in [-0.39, 0.29) is 5.56 Å². The molecular formula is C21H17FN4O2. The summed E-state index contributed by atoms with van der Waals surface area (Å²) in [6.45, 7) is 2.39. The number of carbonyl (C=O) groups excluding carboxylic acids is 1. The molecule has 0 aliphatic rings. The fourth-order valence-electron chi connectivity index (χ4n) is 2.79. The van der Waals surface area contributed by atoms with Crippen molar-refractivity contribution in [1.82, 2.24) is 14.8 Å². The topological polar surface area (TPSA) is 73.0 Å². The molecule has 0 saturated carbocycles. The molecule has 0 unspecified atom stereocenters. The average molecular weight is 376 g/mol. The summed E-state index contributed by atoms with van der Waals surface area (Å²) < 4.78 is 21.3. The van der Waals surface area contributed by atoms with Gasteiger partial charge in [0.2, 0.25) is 5.89 Å². The fraction of sp³-hybridized carbons (Fsp3) is 0.0952. The molecule has 28 heavy (non-hydrogen) atoms. The molecular weight excluding hydrogens is 359 g/mol. The van der Waals surface area contributed by atoms with Gasteiger partial charge in [0.25, 0.3) is 5.91 Å². The lowest BCUT2D eigenvalue weighted by atomic mass is 10.1. The molecule has 140 valence electrons. The van der Waals surface area contributed by atoms with Crippen LogP contribution in [0.4, 0.5) is 10.1 Å². The highest BCUT2D eigenvalue weighted by atomic mass is 19.1. The van der Waals surface area contributed by atoms with Gasteiger partial charge >= 0.3 is 0 Å². The van der Waals surface area contributed by atoms with Crippen molar-refractivity contribution in [3.8, 4) is 11.5 Å². The molecule has 0 atom stereocenters. The van der Waals surface area contributed by atoms with Crippen molar-refractivity contribution in [2.75, 3.05) is 5.32 Å². The molecule has 6 nitrogen and oxygen atoms in total. The third-order valence-electron chi connectivity index (χ3n) is 4.27. The normalized spacial score (nSPS) is 10.8. The van der Waals surface area contributed by atoms with E-state index in [1.54, 1.807) is 47.3 Å². The second kappa shape index (κ2) is 7.48. The minimum absolute atomic E-state index is 0.00170. The van der Waals surface area contributed by atoms with Crippen LogP contribution in [0, 0.1) is 12.7 Å². The van der Waals surface area contributed by atoms with Crippen LogP contribution in [0.1, 0.15) is 21.8 Å². The molecule has 0 aliphatic carbocycles. The Hall–Kier alpha value is -3.74. The summed E-state index contributed by atoms with van der Waals surface area (Å²) in [4.78, 5) is 16.7. The van der Waals surface area contributed by atoms with Gasteiger partial charge in [0, 0.05) is 23.6 Å². The second-order valence-electron chi connectivity index (χ2n) is 6.24. The number of anilines is 1. The van der Waals surface area contributed by atoms with E-state index in [9.17, 15) is 9.18 Å². The number of halogens is 1. The van der Waals surface area contributed by atoms with Gasteiger partial charge in [-0.15, -0.1) is 0 Å². The first-order chi connectivity index (χ1) is 13.6. The Labute approximate surface area is 160 Å². The van der Waals surface area contributed by atoms with Crippen molar-refractivity contribution in [3.05, 3.63) is 89.8 Å². The summed E-state index contributed by atoms with van der Waals surface area (Å²) in [6.07, 6.45) is 3.57. The van der Waals surface area contributed by atoms with Crippen LogP contribution in [-0.4, -0.2) is 20.7 Å². The smallest absolute Gasteiger partial charge is 0.258 e. The molecule has 0 bridgehead atoms. The van der Waals surface area contributed by atoms with Crippen LogP contribution >= 0.6 is 0 Å². The van der Waals surface area contributed by atoms with Gasteiger partial charge in [0.15, 0.2) is 0 Å². The standard InChI is InChI=1S/C21H17FN4O2/c1-14-19(13-26-12-4-11-23-26)25-21(28-14)15-7-9-16(10-8-15)24-20(27)17-5-2-3-6-18(17)22/h2-12H,13H2,1H3,(H,24,27). The van der Waals surface area contributed by atoms with Crippen molar-refractivity contribution in [2.24, 2.45) is 0 Å². The van der Waals surface area contributed by atoms with Crippen molar-refractivity contribution >= 4 is 11.6 Å². The van der Waals surface area contributed by atoms with Crippen molar-refractivity contribution in [2.45, 2.75) is 13.5 Å². The Morgan fingerprint density at radius 1 is 1.14 bits per heavy atom. The molecule has 2 aromatic heterocycles. The zero-order chi connectivity index (χ0) is 19.5. The van der Waals surface area contributed by atoms with E-state index in [1.165, 1.54) is 12.1 Å². The summed E-state index contributed by atoms with van der Waals surface area (Å²) in [5.41, 5.74) is 2.13. The number of hydrogen-bond acceptors (Lipinski definition) is 4. The Morgan fingerprint density at radius 2 is 1.93 bits per heavy atom. The van der Waals surface area contributed by atoms with E-state index in [4.69, 9.17) is 4.42 Å². The van der Waals surface area contributed by atoms with Crippen LogP contribution < -0.4 is 5.32 Å². The van der Waals surface area contributed by atoms with Gasteiger partial charge in [0.05, 0.1) is 12.1 Å². The maximum atomic E-state index is 13.7. The molecule has 1 amide bonds. The number of benzene rings is 2. The minimum atomic E-state index is -0.559. The summed E-state index contributed by atoms with van der Waals surface area (Å²) >= 11 is 0. The van der Waals surface area contributed by atoms with Crippen LogP contribution in [0.3, 0.4) is 0 Å². The molecule has 4 aromatic rings. The summed E-state index contributed by atoms with van der Waals surface area (Å²) in [5, 5.41) is 6.86. The zero-order valence-electron chi connectivity index (χ0n) is 15.1. The Balaban J connectivity index is 1.49. The first kappa shape index (κ1) is 17.7. The highest BCUT2D eigenvalue weighted by Gasteiger charge is 2.14. The van der Waals surface area contributed by atoms with E-state index >= 15 is 0 Å². The third kappa shape index (κ3) is 3.68. The van der Waals surface area contributed by atoms with E-state index in [0.717, 1.165) is 17.0 Å². The van der Waals surface area contributed by atoms with Crippen molar-refractivity contribution in [3.63, 3.8) is 0 Å². The van der Waals surface area contributed by atoms with Crippen molar-refractivity contribution in [1.29, 1.82) is 0 Å². The monoisotopic (exact) mass is 376 g/mol. The average Bonchev–Trinajstić information content (AvgIpc) is 3.33. The maximum absolute atomic E-state index is 13.7. The third-order valence-corrected chi connectivity index (χ3v) is 4.27. The lowest BCUT2D eigenvalue weighted by Crippen LogP contribution is -2.13. The van der Waals surface area contributed by atoms with Crippen molar-refractivity contribution < 1.29 is 13.6 Å². The zero-order valence-corrected chi connectivity index (χ0v) is 15.1. The first-order valence-corrected chi connectivity index (χ1v) is 8.70. The number of hydrogen-bond donors (Lipinski definition) is 1. The maximum Gasteiger partial charge on any atom is 0.258 e. The van der Waals surface area contributed by atoms with Gasteiger partial charge in [-0.1, -0.05) is 12.1 Å². The summed E-state index contributed by atoms with van der Waals surface area (Å²) in [5.74, 6) is 0.157. The molecule has 0 saturated heterocycles. The second-order valence-corrected chi connectivity index (χ2v) is 6.24. The largest absolute Gasteiger partial charge is 0.441 e. The molecule has 2 aromatic carbocycles. The molecule has 0 spiro atoms. The van der Waals surface area contributed by atoms with Crippen LogP contribution in [0.5, 0.6) is 0 Å². The van der Waals surface area contributed by atoms with E-state index in [2.05, 4.69) is 15.4 Å². The van der Waals surface area contributed by atoms with E-state index < -0.39 is 11.7 Å². The number of aromatic nitrogens is 3. The Morgan fingerprint density at radius 3 is 2.64 bits per heavy atom. The highest BCUT2D eigenvalue weighted by molar-refractivity contribution is 6.04. The van der Waals surface area contributed by atoms with Gasteiger partial charge in [-0.05, 0) is 49.4 Å². The van der Waals surface area contributed by atoms with E-state index in [1.807, 2.05) is 19.2 Å². The molecule has 2 heterocycles. The highest BCUT2D eigenvalue weighted by Crippen LogP contribution is 2.24. The summed E-state index contributed by atoms with van der Waals surface area (Å²) in [6, 6.07) is 14.7. The summed E-state index contributed by atoms with van der Waals surface area (Å²) in [7, 11) is 0. The van der Waals surface area contributed by atoms with Gasteiger partial charge in [-0.25, -0.2) is 9.37 Å². The number of nitrogens with zero attached hydrogens (tertiary/aromatic N) is 3. The molecule has 7 heteroatoms. The predicted octanol–water partition coefficient (Wildman–Crippen LogP) is 4.29. The molecule has 0 radical (unpaired) electrons. The minimum Gasteiger partial charge on any atom is -0.441 e. The van der Waals surface area contributed by atoms with Gasteiger partial charge < -0.3 is 9.73 Å². The van der Waals surface area contributed by atoms with Gasteiger partial charge in [-0.2, -0.15) is 5.10 Å². The number of oxazole rings is 1. The van der Waals surface area contributed by atoms with Crippen LogP contribution in [0.2, 0.25) is 0 Å². The molecule has 1 N–H and O–H groups in total. The lowest BCUT2D eigenvalue weighted by Gasteiger charge is -2.06. The van der Waals surface area contributed by atoms with Gasteiger partial charge in [-0.3, -0.25) is 9.48 Å². The fourth-order valence-corrected chi connectivity index (χ4v) is 2.79. The van der Waals surface area contributed by atoms with Gasteiger partial charge in [0.1, 0.15) is 17.3 Å². The number of carbonyl (C=O) groups is 1. The van der Waals surface area contributed by atoms with Crippen LogP contribution in [0.25, 0.3) is 11.5 Å². The number of aryl methyl sites for hydroxylation is 1. The molecule has 0 fully saturated rings. The quantitative estimate of drug-likeness (QED) is 0.564. The molecule has 0 aliphatic heterocycles. The predicted molar refractivity (Wildman–Crippen MR) is 102 cm³/mol. The van der Waals surface area contributed by atoms with E-state index in [0.29, 0.717) is 18.1 Å². The first-order valence-electron chi connectivity index (χ1n) is 8.70.